The van der Waals surface area contributed by atoms with Gasteiger partial charge in [0.2, 0.25) is 0 Å². The fourth-order valence-corrected chi connectivity index (χ4v) is 0.521. The van der Waals surface area contributed by atoms with Crippen molar-refractivity contribution in [3.63, 3.8) is 0 Å². The van der Waals surface area contributed by atoms with E-state index in [0.717, 1.165) is 5.56 Å². The minimum absolute atomic E-state index is 0. The first kappa shape index (κ1) is 12.9. The molecule has 0 bridgehead atoms. The predicted octanol–water partition coefficient (Wildman–Crippen LogP) is -1.75. The summed E-state index contributed by atoms with van der Waals surface area (Å²) in [6, 6.07) is 9.37. The molecule has 0 aliphatic rings. The minimum atomic E-state index is 0. The normalized spacial score (nSPS) is 6.30. The maximum Gasteiger partial charge on any atom is 2.00 e. The van der Waals surface area contributed by atoms with E-state index in [2.05, 4.69) is 5.92 Å². The van der Waals surface area contributed by atoms with E-state index in [9.17, 15) is 0 Å². The molecular formula is C8H5IMg. The molecular weight excluding hydrogens is 247 g/mol. The summed E-state index contributed by atoms with van der Waals surface area (Å²) in [5.74, 6) is 2.28. The molecule has 0 aliphatic heterocycles. The third-order valence-electron chi connectivity index (χ3n) is 0.918. The van der Waals surface area contributed by atoms with Crippen molar-refractivity contribution in [2.45, 2.75) is 0 Å². The van der Waals surface area contributed by atoms with E-state index in [1.165, 1.54) is 0 Å². The first-order chi connectivity index (χ1) is 3.93. The van der Waals surface area contributed by atoms with Crippen LogP contribution in [0.2, 0.25) is 0 Å². The first-order valence-corrected chi connectivity index (χ1v) is 2.41. The summed E-state index contributed by atoms with van der Waals surface area (Å²) in [5.41, 5.74) is 0.826. The van der Waals surface area contributed by atoms with Gasteiger partial charge in [-0.1, -0.05) is 18.2 Å². The van der Waals surface area contributed by atoms with E-state index in [-0.39, 0.29) is 47.0 Å². The van der Waals surface area contributed by atoms with Crippen LogP contribution >= 0.6 is 0 Å². The molecule has 2 heteroatoms. The summed E-state index contributed by atoms with van der Waals surface area (Å²) in [5, 5.41) is 0. The van der Waals surface area contributed by atoms with Gasteiger partial charge in [0, 0.05) is 0 Å². The Balaban J connectivity index is 0. The zero-order valence-electron chi connectivity index (χ0n) is 5.47. The average molecular weight is 252 g/mol. The number of hydrogen-bond acceptors (Lipinski definition) is 0. The van der Waals surface area contributed by atoms with Gasteiger partial charge in [0.25, 0.3) is 0 Å². The maximum absolute atomic E-state index is 6.69. The van der Waals surface area contributed by atoms with Crippen molar-refractivity contribution in [3.05, 3.63) is 42.3 Å². The van der Waals surface area contributed by atoms with Crippen molar-refractivity contribution in [1.29, 1.82) is 0 Å². The number of rotatable bonds is 0. The van der Waals surface area contributed by atoms with E-state index < -0.39 is 0 Å². The Labute approximate surface area is 94.6 Å². The summed E-state index contributed by atoms with van der Waals surface area (Å²) in [4.78, 5) is 0. The maximum atomic E-state index is 6.69. The van der Waals surface area contributed by atoms with Crippen LogP contribution in [0, 0.1) is 12.3 Å². The molecule has 0 fully saturated rings. The molecule has 1 rings (SSSR count). The SMILES string of the molecule is [C-]#Cc1ccccc1.[I-].[Mg+2]. The van der Waals surface area contributed by atoms with E-state index in [0.29, 0.717) is 0 Å². The zero-order valence-corrected chi connectivity index (χ0v) is 9.04. The Morgan fingerprint density at radius 1 is 1.10 bits per heavy atom. The van der Waals surface area contributed by atoms with Gasteiger partial charge in [0.1, 0.15) is 0 Å². The van der Waals surface area contributed by atoms with E-state index >= 15 is 0 Å². The summed E-state index contributed by atoms with van der Waals surface area (Å²) >= 11 is 0. The molecule has 0 amide bonds. The van der Waals surface area contributed by atoms with Crippen LogP contribution in [0.15, 0.2) is 30.3 Å². The summed E-state index contributed by atoms with van der Waals surface area (Å²) in [6.45, 7) is 0. The monoisotopic (exact) mass is 252 g/mol. The molecule has 10 heavy (non-hydrogen) atoms. The van der Waals surface area contributed by atoms with E-state index in [4.69, 9.17) is 6.42 Å². The standard InChI is InChI=1S/C8H5.HI.Mg/c1-2-8-6-4-3-5-7-8;;/h3-7H;1H;/q-1;;+2/p-1. The van der Waals surface area contributed by atoms with Gasteiger partial charge in [0.15, 0.2) is 0 Å². The first-order valence-electron chi connectivity index (χ1n) is 2.41. The van der Waals surface area contributed by atoms with Gasteiger partial charge in [-0.05, 0) is 0 Å². The van der Waals surface area contributed by atoms with Crippen LogP contribution in [-0.2, 0) is 0 Å². The zero-order chi connectivity index (χ0) is 5.82. The fraction of sp³-hybridized carbons (Fsp3) is 0. The second-order valence-electron chi connectivity index (χ2n) is 1.49. The smallest absolute Gasteiger partial charge is 1.00 e. The Hall–Kier alpha value is 0.276. The third-order valence-corrected chi connectivity index (χ3v) is 0.918. The topological polar surface area (TPSA) is 0 Å². The van der Waals surface area contributed by atoms with Crippen molar-refractivity contribution in [2.24, 2.45) is 0 Å². The molecule has 0 saturated heterocycles. The van der Waals surface area contributed by atoms with Crippen molar-refractivity contribution in [3.8, 4) is 5.92 Å². The van der Waals surface area contributed by atoms with Gasteiger partial charge in [-0.3, -0.25) is 5.92 Å². The van der Waals surface area contributed by atoms with Crippen LogP contribution in [0.25, 0.3) is 0 Å². The minimum Gasteiger partial charge on any atom is -1.00 e. The van der Waals surface area contributed by atoms with Gasteiger partial charge < -0.3 is 30.4 Å². The molecule has 0 N–H and O–H groups in total. The fourth-order valence-electron chi connectivity index (χ4n) is 0.521. The van der Waals surface area contributed by atoms with Gasteiger partial charge in [-0.2, -0.15) is 0 Å². The van der Waals surface area contributed by atoms with Crippen LogP contribution in [0.1, 0.15) is 5.56 Å². The van der Waals surface area contributed by atoms with Gasteiger partial charge >= 0.3 is 23.1 Å². The van der Waals surface area contributed by atoms with Crippen molar-refractivity contribution in [2.75, 3.05) is 0 Å². The quantitative estimate of drug-likeness (QED) is 0.222. The molecule has 0 saturated carbocycles. The summed E-state index contributed by atoms with van der Waals surface area (Å²) < 4.78 is 0. The summed E-state index contributed by atoms with van der Waals surface area (Å²) in [6.07, 6.45) is 6.69. The van der Waals surface area contributed by atoms with Gasteiger partial charge in [-0.15, -0.1) is 17.7 Å². The van der Waals surface area contributed by atoms with Crippen LogP contribution in [0.3, 0.4) is 0 Å². The second-order valence-corrected chi connectivity index (χ2v) is 1.49. The molecule has 0 spiro atoms. The molecule has 46 valence electrons. The molecule has 1 aromatic carbocycles. The van der Waals surface area contributed by atoms with Crippen LogP contribution in [0.4, 0.5) is 0 Å². The van der Waals surface area contributed by atoms with Crippen LogP contribution < -0.4 is 24.0 Å². The van der Waals surface area contributed by atoms with Gasteiger partial charge in [0.05, 0.1) is 0 Å². The van der Waals surface area contributed by atoms with Crippen LogP contribution in [0.5, 0.6) is 0 Å². The Kier molecular flexibility index (Phi) is 9.53. The summed E-state index contributed by atoms with van der Waals surface area (Å²) in [7, 11) is 0. The predicted molar refractivity (Wildman–Crippen MR) is 38.4 cm³/mol. The molecule has 0 atom stereocenters. The molecule has 0 aliphatic carbocycles. The number of hydrogen-bond donors (Lipinski definition) is 0. The Morgan fingerprint density at radius 3 is 1.90 bits per heavy atom. The van der Waals surface area contributed by atoms with E-state index in [1.807, 2.05) is 30.3 Å². The molecule has 0 aromatic heterocycles. The average Bonchev–Trinajstić information content (AvgIpc) is 1.90. The van der Waals surface area contributed by atoms with Crippen molar-refractivity contribution in [1.82, 2.24) is 0 Å². The Morgan fingerprint density at radius 2 is 1.60 bits per heavy atom. The molecule has 0 nitrogen and oxygen atoms in total. The van der Waals surface area contributed by atoms with Crippen molar-refractivity contribution >= 4 is 23.1 Å². The molecule has 1 aromatic rings. The second kappa shape index (κ2) is 7.38. The molecule has 0 unspecified atom stereocenters. The Bertz CT molecular complexity index is 200. The molecule has 0 heterocycles. The number of halogens is 1. The largest absolute Gasteiger partial charge is 2.00 e. The van der Waals surface area contributed by atoms with E-state index in [1.54, 1.807) is 0 Å². The number of benzene rings is 1. The van der Waals surface area contributed by atoms with Crippen LogP contribution in [-0.4, -0.2) is 23.1 Å². The molecule has 0 radical (unpaired) electrons. The van der Waals surface area contributed by atoms with Gasteiger partial charge in [-0.25, -0.2) is 0 Å². The van der Waals surface area contributed by atoms with Crippen molar-refractivity contribution < 1.29 is 24.0 Å². The third kappa shape index (κ3) is 4.15.